The second kappa shape index (κ2) is 6.83. The number of nitrogens with zero attached hydrogens (tertiary/aromatic N) is 2. The average molecular weight is 373 g/mol. The zero-order valence-electron chi connectivity index (χ0n) is 14.9. The first-order valence-corrected chi connectivity index (χ1v) is 9.17. The van der Waals surface area contributed by atoms with Crippen LogP contribution in [0.5, 0.6) is 0 Å². The number of benzene rings is 2. The fourth-order valence-corrected chi connectivity index (χ4v) is 3.89. The lowest BCUT2D eigenvalue weighted by Crippen LogP contribution is -2.34. The number of nitrogen functional groups attached to an aromatic ring is 1. The van der Waals surface area contributed by atoms with Crippen LogP contribution in [-0.4, -0.2) is 17.7 Å². The van der Waals surface area contributed by atoms with E-state index in [-0.39, 0.29) is 0 Å². The smallest absolute Gasteiger partial charge is 0.399 e. The lowest BCUT2D eigenvalue weighted by molar-refractivity contribution is -0.137. The molecule has 2 heterocycles. The third-order valence-corrected chi connectivity index (χ3v) is 5.42. The zero-order valence-corrected chi connectivity index (χ0v) is 14.9. The maximum Gasteiger partial charge on any atom is 0.416 e. The first kappa shape index (κ1) is 17.8. The molecule has 0 atom stereocenters. The summed E-state index contributed by atoms with van der Waals surface area (Å²) in [6.45, 7) is 2.68. The Labute approximate surface area is 156 Å². The molecule has 1 fully saturated rings. The quantitative estimate of drug-likeness (QED) is 0.644. The molecule has 0 amide bonds. The highest BCUT2D eigenvalue weighted by Crippen LogP contribution is 2.32. The highest BCUT2D eigenvalue weighted by atomic mass is 19.4. The van der Waals surface area contributed by atoms with Crippen molar-refractivity contribution in [3.8, 4) is 0 Å². The summed E-state index contributed by atoms with van der Waals surface area (Å²) >= 11 is 0. The molecule has 27 heavy (non-hydrogen) atoms. The molecule has 0 saturated carbocycles. The van der Waals surface area contributed by atoms with Crippen LogP contribution in [0, 0.1) is 5.92 Å². The highest BCUT2D eigenvalue weighted by Gasteiger charge is 2.30. The van der Waals surface area contributed by atoms with E-state index >= 15 is 0 Å². The predicted octanol–water partition coefficient (Wildman–Crippen LogP) is 5.16. The average Bonchev–Trinajstić information content (AvgIpc) is 3.03. The fraction of sp³-hybridized carbons (Fsp3) is 0.333. The second-order valence-electron chi connectivity index (χ2n) is 7.26. The Morgan fingerprint density at radius 3 is 2.33 bits per heavy atom. The number of piperidine rings is 1. The van der Waals surface area contributed by atoms with Gasteiger partial charge in [-0.2, -0.15) is 13.2 Å². The molecule has 0 spiro atoms. The SMILES string of the molecule is Nc1ccc2c(ccn2CC2CCN(c3ccc(C(F)(F)F)cc3)CC2)c1. The molecule has 1 aliphatic rings. The molecule has 0 aliphatic carbocycles. The van der Waals surface area contributed by atoms with Gasteiger partial charge in [-0.05, 0) is 67.3 Å². The summed E-state index contributed by atoms with van der Waals surface area (Å²) in [5, 5.41) is 1.15. The first-order valence-electron chi connectivity index (χ1n) is 9.17. The van der Waals surface area contributed by atoms with Gasteiger partial charge in [0.2, 0.25) is 0 Å². The standard InChI is InChI=1S/C21H22F3N3/c22-21(23,24)17-1-4-19(5-2-17)26-10-7-15(8-11-26)14-27-12-9-16-13-18(25)3-6-20(16)27/h1-6,9,12-13,15H,7-8,10-11,14,25H2. The summed E-state index contributed by atoms with van der Waals surface area (Å²) in [7, 11) is 0. The molecule has 1 saturated heterocycles. The van der Waals surface area contributed by atoms with E-state index in [1.807, 2.05) is 12.1 Å². The molecule has 3 aromatic rings. The normalized spacial score (nSPS) is 16.2. The van der Waals surface area contributed by atoms with Gasteiger partial charge in [-0.3, -0.25) is 0 Å². The molecule has 6 heteroatoms. The van der Waals surface area contributed by atoms with Gasteiger partial charge < -0.3 is 15.2 Å². The molecule has 2 N–H and O–H groups in total. The van der Waals surface area contributed by atoms with Crippen LogP contribution in [0.25, 0.3) is 10.9 Å². The largest absolute Gasteiger partial charge is 0.416 e. The van der Waals surface area contributed by atoms with Crippen LogP contribution in [0.1, 0.15) is 18.4 Å². The highest BCUT2D eigenvalue weighted by molar-refractivity contribution is 5.83. The molecule has 1 aliphatic heterocycles. The van der Waals surface area contributed by atoms with Crippen LogP contribution in [0.15, 0.2) is 54.7 Å². The van der Waals surface area contributed by atoms with Crippen molar-refractivity contribution < 1.29 is 13.2 Å². The Morgan fingerprint density at radius 2 is 1.67 bits per heavy atom. The summed E-state index contributed by atoms with van der Waals surface area (Å²) in [4.78, 5) is 2.17. The van der Waals surface area contributed by atoms with E-state index in [0.29, 0.717) is 5.92 Å². The van der Waals surface area contributed by atoms with Crippen LogP contribution in [-0.2, 0) is 12.7 Å². The van der Waals surface area contributed by atoms with Crippen molar-refractivity contribution >= 4 is 22.3 Å². The van der Waals surface area contributed by atoms with Crippen LogP contribution >= 0.6 is 0 Å². The summed E-state index contributed by atoms with van der Waals surface area (Å²) in [6, 6.07) is 13.5. The fourth-order valence-electron chi connectivity index (χ4n) is 3.89. The Balaban J connectivity index is 1.38. The number of alkyl halides is 3. The summed E-state index contributed by atoms with van der Waals surface area (Å²) in [6.07, 6.45) is -0.132. The number of rotatable bonds is 3. The molecule has 2 aromatic carbocycles. The molecule has 0 bridgehead atoms. The van der Waals surface area contributed by atoms with Gasteiger partial charge >= 0.3 is 6.18 Å². The number of aromatic nitrogens is 1. The van der Waals surface area contributed by atoms with Crippen molar-refractivity contribution in [2.75, 3.05) is 23.7 Å². The van der Waals surface area contributed by atoms with Crippen molar-refractivity contribution in [2.45, 2.75) is 25.6 Å². The van der Waals surface area contributed by atoms with Gasteiger partial charge in [-0.1, -0.05) is 0 Å². The second-order valence-corrected chi connectivity index (χ2v) is 7.26. The molecular weight excluding hydrogens is 351 g/mol. The molecule has 4 rings (SSSR count). The van der Waals surface area contributed by atoms with Crippen molar-refractivity contribution in [3.63, 3.8) is 0 Å². The Bertz CT molecular complexity index is 920. The number of hydrogen-bond acceptors (Lipinski definition) is 2. The van der Waals surface area contributed by atoms with Crippen LogP contribution in [0.4, 0.5) is 24.5 Å². The first-order chi connectivity index (χ1) is 12.9. The number of anilines is 2. The minimum Gasteiger partial charge on any atom is -0.399 e. The van der Waals surface area contributed by atoms with Gasteiger partial charge in [-0.25, -0.2) is 0 Å². The van der Waals surface area contributed by atoms with Gasteiger partial charge in [0.1, 0.15) is 0 Å². The minimum absolute atomic E-state index is 0.559. The van der Waals surface area contributed by atoms with Gasteiger partial charge in [0, 0.05) is 48.1 Å². The number of nitrogens with two attached hydrogens (primary N) is 1. The van der Waals surface area contributed by atoms with E-state index in [2.05, 4.69) is 27.8 Å². The summed E-state index contributed by atoms with van der Waals surface area (Å²) < 4.78 is 40.4. The lowest BCUT2D eigenvalue weighted by Gasteiger charge is -2.34. The molecule has 1 aromatic heterocycles. The molecule has 142 valence electrons. The Morgan fingerprint density at radius 1 is 0.963 bits per heavy atom. The Kier molecular flexibility index (Phi) is 4.50. The number of halogens is 3. The van der Waals surface area contributed by atoms with E-state index < -0.39 is 11.7 Å². The monoisotopic (exact) mass is 373 g/mol. The van der Waals surface area contributed by atoms with Crippen molar-refractivity contribution in [1.29, 1.82) is 0 Å². The van der Waals surface area contributed by atoms with Crippen LogP contribution in [0.2, 0.25) is 0 Å². The predicted molar refractivity (Wildman–Crippen MR) is 103 cm³/mol. The third kappa shape index (κ3) is 3.75. The van der Waals surface area contributed by atoms with Gasteiger partial charge in [0.25, 0.3) is 0 Å². The topological polar surface area (TPSA) is 34.2 Å². The van der Waals surface area contributed by atoms with Gasteiger partial charge in [0.15, 0.2) is 0 Å². The van der Waals surface area contributed by atoms with Crippen molar-refractivity contribution in [1.82, 2.24) is 4.57 Å². The number of fused-ring (bicyclic) bond motifs is 1. The van der Waals surface area contributed by atoms with Crippen LogP contribution < -0.4 is 10.6 Å². The van der Waals surface area contributed by atoms with E-state index in [1.165, 1.54) is 17.6 Å². The molecule has 3 nitrogen and oxygen atoms in total. The van der Waals surface area contributed by atoms with E-state index in [4.69, 9.17) is 5.73 Å². The van der Waals surface area contributed by atoms with Crippen LogP contribution in [0.3, 0.4) is 0 Å². The molecular formula is C21H22F3N3. The third-order valence-electron chi connectivity index (χ3n) is 5.42. The van der Waals surface area contributed by atoms with Crippen molar-refractivity contribution in [2.24, 2.45) is 5.92 Å². The maximum atomic E-state index is 12.7. The van der Waals surface area contributed by atoms with E-state index in [1.54, 1.807) is 12.1 Å². The summed E-state index contributed by atoms with van der Waals surface area (Å²) in [5.41, 5.74) is 8.07. The van der Waals surface area contributed by atoms with Gasteiger partial charge in [-0.15, -0.1) is 0 Å². The number of hydrogen-bond donors (Lipinski definition) is 1. The minimum atomic E-state index is -4.28. The lowest BCUT2D eigenvalue weighted by atomic mass is 9.96. The maximum absolute atomic E-state index is 12.7. The summed E-state index contributed by atoms with van der Waals surface area (Å²) in [5.74, 6) is 0.559. The van der Waals surface area contributed by atoms with Crippen molar-refractivity contribution in [3.05, 3.63) is 60.3 Å². The molecule has 0 radical (unpaired) electrons. The molecule has 0 unspecified atom stereocenters. The van der Waals surface area contributed by atoms with Gasteiger partial charge in [0.05, 0.1) is 5.56 Å². The Hall–Kier alpha value is -2.63. The zero-order chi connectivity index (χ0) is 19.0. The van der Waals surface area contributed by atoms with E-state index in [9.17, 15) is 13.2 Å². The van der Waals surface area contributed by atoms with E-state index in [0.717, 1.165) is 49.2 Å².